The first-order chi connectivity index (χ1) is 10.0. The second-order valence-electron chi connectivity index (χ2n) is 4.58. The van der Waals surface area contributed by atoms with Crippen molar-refractivity contribution in [3.05, 3.63) is 46.4 Å². The fourth-order valence-electron chi connectivity index (χ4n) is 1.99. The molecule has 0 aliphatic heterocycles. The van der Waals surface area contributed by atoms with Crippen molar-refractivity contribution in [3.63, 3.8) is 0 Å². The lowest BCUT2D eigenvalue weighted by Crippen LogP contribution is -2.41. The van der Waals surface area contributed by atoms with Crippen LogP contribution < -0.4 is 5.32 Å². The van der Waals surface area contributed by atoms with Crippen LogP contribution in [0.15, 0.2) is 40.9 Å². The van der Waals surface area contributed by atoms with Crippen LogP contribution in [0.1, 0.15) is 16.8 Å². The van der Waals surface area contributed by atoms with Crippen molar-refractivity contribution in [3.8, 4) is 0 Å². The van der Waals surface area contributed by atoms with Crippen LogP contribution in [-0.2, 0) is 4.79 Å². The van der Waals surface area contributed by atoms with Crippen LogP contribution in [0.3, 0.4) is 0 Å². The summed E-state index contributed by atoms with van der Waals surface area (Å²) in [7, 11) is 0. The fraction of sp³-hybridized carbons (Fsp3) is 0.200. The van der Waals surface area contributed by atoms with Gasteiger partial charge in [-0.3, -0.25) is 4.79 Å². The van der Waals surface area contributed by atoms with E-state index in [1.165, 1.54) is 0 Å². The Hall–Kier alpha value is -1.92. The minimum atomic E-state index is -1.16. The van der Waals surface area contributed by atoms with E-state index in [0.717, 1.165) is 15.2 Å². The van der Waals surface area contributed by atoms with Crippen molar-refractivity contribution >= 4 is 38.6 Å². The Bertz CT molecular complexity index is 686. The van der Waals surface area contributed by atoms with Crippen LogP contribution in [0.4, 0.5) is 0 Å². The Morgan fingerprint density at radius 1 is 1.14 bits per heavy atom. The SMILES string of the molecule is O=C(N[C@H](CCO)C(=O)O)c1ccc2cc(Br)ccc2c1. The summed E-state index contributed by atoms with van der Waals surface area (Å²) in [4.78, 5) is 23.1. The van der Waals surface area contributed by atoms with Gasteiger partial charge < -0.3 is 15.5 Å². The maximum absolute atomic E-state index is 12.1. The van der Waals surface area contributed by atoms with Gasteiger partial charge in [0.2, 0.25) is 0 Å². The molecule has 0 spiro atoms. The van der Waals surface area contributed by atoms with Crippen molar-refractivity contribution in [1.82, 2.24) is 5.32 Å². The first-order valence-corrected chi connectivity index (χ1v) is 7.14. The van der Waals surface area contributed by atoms with Crippen LogP contribution in [0.25, 0.3) is 10.8 Å². The number of fused-ring (bicyclic) bond motifs is 1. The maximum atomic E-state index is 12.1. The molecule has 5 nitrogen and oxygen atoms in total. The van der Waals surface area contributed by atoms with E-state index >= 15 is 0 Å². The Labute approximate surface area is 129 Å². The molecular weight excluding hydrogens is 338 g/mol. The molecule has 0 saturated heterocycles. The molecule has 1 atom stereocenters. The van der Waals surface area contributed by atoms with E-state index in [9.17, 15) is 9.59 Å². The van der Waals surface area contributed by atoms with Gasteiger partial charge in [-0.1, -0.05) is 28.1 Å². The van der Waals surface area contributed by atoms with Gasteiger partial charge in [-0.25, -0.2) is 4.79 Å². The van der Waals surface area contributed by atoms with E-state index < -0.39 is 17.9 Å². The normalized spacial score (nSPS) is 12.1. The zero-order valence-electron chi connectivity index (χ0n) is 11.0. The van der Waals surface area contributed by atoms with Gasteiger partial charge in [0, 0.05) is 23.1 Å². The smallest absolute Gasteiger partial charge is 0.326 e. The third-order valence-electron chi connectivity index (χ3n) is 3.09. The molecule has 0 aliphatic rings. The number of carboxylic acids is 1. The molecule has 2 aromatic carbocycles. The lowest BCUT2D eigenvalue weighted by atomic mass is 10.1. The number of rotatable bonds is 5. The fourth-order valence-corrected chi connectivity index (χ4v) is 2.36. The summed E-state index contributed by atoms with van der Waals surface area (Å²) < 4.78 is 0.945. The molecule has 0 radical (unpaired) electrons. The van der Waals surface area contributed by atoms with Gasteiger partial charge in [-0.15, -0.1) is 0 Å². The molecule has 110 valence electrons. The van der Waals surface area contributed by atoms with Gasteiger partial charge in [-0.2, -0.15) is 0 Å². The van der Waals surface area contributed by atoms with E-state index in [4.69, 9.17) is 10.2 Å². The minimum Gasteiger partial charge on any atom is -0.480 e. The minimum absolute atomic E-state index is 0.0262. The highest BCUT2D eigenvalue weighted by Crippen LogP contribution is 2.21. The molecule has 0 heterocycles. The van der Waals surface area contributed by atoms with E-state index in [2.05, 4.69) is 21.2 Å². The molecule has 0 bridgehead atoms. The maximum Gasteiger partial charge on any atom is 0.326 e. The number of hydrogen-bond acceptors (Lipinski definition) is 3. The van der Waals surface area contributed by atoms with Crippen LogP contribution in [0.2, 0.25) is 0 Å². The largest absolute Gasteiger partial charge is 0.480 e. The second kappa shape index (κ2) is 6.69. The van der Waals surface area contributed by atoms with E-state index in [1.807, 2.05) is 18.2 Å². The molecule has 0 aliphatic carbocycles. The highest BCUT2D eigenvalue weighted by Gasteiger charge is 2.20. The Morgan fingerprint density at radius 3 is 2.48 bits per heavy atom. The number of carbonyl (C=O) groups is 2. The van der Waals surface area contributed by atoms with Crippen molar-refractivity contribution < 1.29 is 19.8 Å². The third kappa shape index (κ3) is 3.80. The quantitative estimate of drug-likeness (QED) is 0.770. The predicted molar refractivity (Wildman–Crippen MR) is 82.2 cm³/mol. The van der Waals surface area contributed by atoms with E-state index in [1.54, 1.807) is 18.2 Å². The molecule has 2 rings (SSSR count). The number of carboxylic acid groups (broad SMARTS) is 1. The van der Waals surface area contributed by atoms with Crippen molar-refractivity contribution in [2.45, 2.75) is 12.5 Å². The molecule has 0 fully saturated rings. The molecule has 0 aromatic heterocycles. The number of nitrogens with one attached hydrogen (secondary N) is 1. The second-order valence-corrected chi connectivity index (χ2v) is 5.50. The Balaban J connectivity index is 2.22. The number of hydrogen-bond donors (Lipinski definition) is 3. The van der Waals surface area contributed by atoms with Crippen LogP contribution in [0.5, 0.6) is 0 Å². The number of amides is 1. The van der Waals surface area contributed by atoms with Gasteiger partial charge in [0.1, 0.15) is 6.04 Å². The molecule has 6 heteroatoms. The highest BCUT2D eigenvalue weighted by atomic mass is 79.9. The van der Waals surface area contributed by atoms with Gasteiger partial charge in [0.15, 0.2) is 0 Å². The summed E-state index contributed by atoms with van der Waals surface area (Å²) in [5.41, 5.74) is 0.383. The first kappa shape index (κ1) is 15.5. The number of benzene rings is 2. The van der Waals surface area contributed by atoms with Crippen LogP contribution in [-0.4, -0.2) is 34.7 Å². The average molecular weight is 352 g/mol. The molecule has 3 N–H and O–H groups in total. The van der Waals surface area contributed by atoms with Gasteiger partial charge in [0.05, 0.1) is 0 Å². The first-order valence-electron chi connectivity index (χ1n) is 6.35. The Morgan fingerprint density at radius 2 is 1.81 bits per heavy atom. The van der Waals surface area contributed by atoms with Crippen molar-refractivity contribution in [2.75, 3.05) is 6.61 Å². The average Bonchev–Trinajstić information content (AvgIpc) is 2.45. The van der Waals surface area contributed by atoms with E-state index in [-0.39, 0.29) is 13.0 Å². The predicted octanol–water partition coefficient (Wildman–Crippen LogP) is 2.17. The molecule has 21 heavy (non-hydrogen) atoms. The lowest BCUT2D eigenvalue weighted by molar-refractivity contribution is -0.139. The highest BCUT2D eigenvalue weighted by molar-refractivity contribution is 9.10. The summed E-state index contributed by atoms with van der Waals surface area (Å²) in [6.45, 7) is -0.303. The number of aliphatic hydroxyl groups excluding tert-OH is 1. The molecular formula is C15H14BrNO4. The summed E-state index contributed by atoms with van der Waals surface area (Å²) in [5.74, 6) is -1.64. The molecule has 0 unspecified atom stereocenters. The zero-order valence-corrected chi connectivity index (χ0v) is 12.6. The molecule has 2 aromatic rings. The number of carbonyl (C=O) groups excluding carboxylic acids is 1. The van der Waals surface area contributed by atoms with E-state index in [0.29, 0.717) is 5.56 Å². The number of aliphatic hydroxyl groups is 1. The summed E-state index contributed by atoms with van der Waals surface area (Å²) in [6.07, 6.45) is -0.0262. The zero-order chi connectivity index (χ0) is 15.4. The van der Waals surface area contributed by atoms with Crippen LogP contribution >= 0.6 is 15.9 Å². The van der Waals surface area contributed by atoms with Crippen LogP contribution in [0, 0.1) is 0 Å². The van der Waals surface area contributed by atoms with Gasteiger partial charge in [-0.05, 0) is 35.0 Å². The lowest BCUT2D eigenvalue weighted by Gasteiger charge is -2.13. The molecule has 0 saturated carbocycles. The van der Waals surface area contributed by atoms with Crippen molar-refractivity contribution in [2.24, 2.45) is 0 Å². The van der Waals surface area contributed by atoms with Gasteiger partial charge >= 0.3 is 5.97 Å². The Kier molecular flexibility index (Phi) is 4.93. The summed E-state index contributed by atoms with van der Waals surface area (Å²) in [5, 5.41) is 22.1. The number of halogens is 1. The summed E-state index contributed by atoms with van der Waals surface area (Å²) in [6, 6.07) is 9.73. The van der Waals surface area contributed by atoms with Gasteiger partial charge in [0.25, 0.3) is 5.91 Å². The number of aliphatic carboxylic acids is 1. The summed E-state index contributed by atoms with van der Waals surface area (Å²) >= 11 is 3.38. The third-order valence-corrected chi connectivity index (χ3v) is 3.58. The monoisotopic (exact) mass is 351 g/mol. The van der Waals surface area contributed by atoms with Crippen molar-refractivity contribution in [1.29, 1.82) is 0 Å². The topological polar surface area (TPSA) is 86.6 Å². The standard InChI is InChI=1S/C15H14BrNO4/c16-12-4-3-9-7-11(2-1-10(9)8-12)14(19)17-13(5-6-18)15(20)21/h1-4,7-8,13,18H,5-6H2,(H,17,19)(H,20,21)/t13-/m1/s1. The molecule has 1 amide bonds.